The number of aromatic hydroxyl groups is 1. The van der Waals surface area contributed by atoms with Gasteiger partial charge in [0.25, 0.3) is 0 Å². The van der Waals surface area contributed by atoms with Crippen LogP contribution in [-0.2, 0) is 96.0 Å². The second-order valence-corrected chi connectivity index (χ2v) is 27.6. The van der Waals surface area contributed by atoms with E-state index in [9.17, 15) is 107 Å². The molecular weight excluding hydrogens is 1550 g/mol. The van der Waals surface area contributed by atoms with Gasteiger partial charge >= 0.3 is 5.97 Å². The first-order valence-electron chi connectivity index (χ1n) is 37.6. The van der Waals surface area contributed by atoms with Crippen molar-refractivity contribution in [1.82, 2.24) is 100 Å². The van der Waals surface area contributed by atoms with Crippen molar-refractivity contribution < 1.29 is 112 Å². The number of H-pyrrole nitrogens is 2. The molecule has 118 heavy (non-hydrogen) atoms. The van der Waals surface area contributed by atoms with Crippen molar-refractivity contribution in [3.8, 4) is 5.75 Å². The van der Waals surface area contributed by atoms with Crippen LogP contribution in [0.1, 0.15) is 83.0 Å². The molecule has 650 valence electrons. The van der Waals surface area contributed by atoms with Crippen molar-refractivity contribution in [2.75, 3.05) is 72.3 Å². The molecular formula is C72H109N23O23. The summed E-state index contributed by atoms with van der Waals surface area (Å²) in [7, 11) is 0. The molecule has 13 atom stereocenters. The number of nitrogens with zero attached hydrogens (tertiary/aromatic N) is 1. The zero-order chi connectivity index (χ0) is 87.7. The van der Waals surface area contributed by atoms with Crippen LogP contribution in [0.25, 0.3) is 10.9 Å². The number of aromatic nitrogens is 3. The second kappa shape index (κ2) is 50.8. The van der Waals surface area contributed by atoms with Gasteiger partial charge in [0.1, 0.15) is 84.8 Å². The number of hydrogen-bond donors (Lipinski definition) is 29. The molecule has 0 aliphatic heterocycles. The average molecular weight is 1660 g/mol. The highest BCUT2D eigenvalue weighted by atomic mass is 16.4. The number of aliphatic carboxylic acids is 1. The number of aliphatic hydroxyl groups is 5. The van der Waals surface area contributed by atoms with E-state index < -0.39 is 251 Å². The SMILES string of the molecule is CC[C@H](C)[C@H](NC(=O)[C@@H](N)CO)C(=O)N[C@@H](CO)C(=O)N[C@@H](CCCNC(=N)N)C(=O)NCC(=O)NCC(=O)N[C@@H](Cc1ccc(O)cc1)C(=O)N[C@@H](CO)C(=O)N[C@@H](Cc1c[nH]c2ccccc12)C(=O)N[C@@H](Cc1c[nH]cn1)C(=O)N[C@@H](CO)C(=O)NCC(=O)N[C@@H](CO)C(=O)N[C@H](C(=O)N[C@@H](CCCCN)C(=O)NCC(=O)O)C(C)C. The predicted molar refractivity (Wildman–Crippen MR) is 417 cm³/mol. The highest BCUT2D eigenvalue weighted by Gasteiger charge is 2.38. The molecule has 4 rings (SSSR count). The fourth-order valence-electron chi connectivity index (χ4n) is 11.3. The largest absolute Gasteiger partial charge is 0.508 e. The number of fused-ring (bicyclic) bond motifs is 1. The van der Waals surface area contributed by atoms with E-state index in [-0.39, 0.29) is 56.6 Å². The summed E-state index contributed by atoms with van der Waals surface area (Å²) >= 11 is 0. The Hall–Kier alpha value is -12.5. The van der Waals surface area contributed by atoms with Crippen LogP contribution < -0.4 is 102 Å². The summed E-state index contributed by atoms with van der Waals surface area (Å²) in [5.41, 5.74) is 18.0. The average Bonchev–Trinajstić information content (AvgIpc) is 1.71. The van der Waals surface area contributed by atoms with E-state index in [0.717, 1.165) is 0 Å². The molecule has 0 bridgehead atoms. The van der Waals surface area contributed by atoms with Crippen molar-refractivity contribution in [3.05, 3.63) is 84.1 Å². The van der Waals surface area contributed by atoms with E-state index >= 15 is 0 Å². The summed E-state index contributed by atoms with van der Waals surface area (Å²) in [4.78, 5) is 226. The Labute approximate surface area is 676 Å². The molecule has 0 aliphatic carbocycles. The molecule has 0 saturated heterocycles. The molecule has 0 unspecified atom stereocenters. The number of carbonyl (C=O) groups is 16. The number of carboxylic acid groups (broad SMARTS) is 1. The Bertz CT molecular complexity index is 4060. The maximum Gasteiger partial charge on any atom is 0.322 e. The van der Waals surface area contributed by atoms with Gasteiger partial charge in [0.05, 0.1) is 64.7 Å². The van der Waals surface area contributed by atoms with E-state index in [4.69, 9.17) is 27.7 Å². The number of nitrogens with two attached hydrogens (primary N) is 3. The summed E-state index contributed by atoms with van der Waals surface area (Å²) in [6.07, 6.45) is 4.04. The number of hydrogen-bond acceptors (Lipinski definition) is 26. The summed E-state index contributed by atoms with van der Waals surface area (Å²) in [6, 6.07) is -7.02. The number of unbranched alkanes of at least 4 members (excludes halogenated alkanes) is 1. The number of carboxylic acids is 1. The number of aromatic amines is 2. The second-order valence-electron chi connectivity index (χ2n) is 27.6. The molecule has 0 saturated carbocycles. The number of carbonyl (C=O) groups excluding carboxylic acids is 15. The minimum absolute atomic E-state index is 0.0190. The fourth-order valence-corrected chi connectivity index (χ4v) is 11.3. The number of imidazole rings is 1. The van der Waals surface area contributed by atoms with Gasteiger partial charge in [-0.1, -0.05) is 64.4 Å². The molecule has 46 heteroatoms. The first-order valence-corrected chi connectivity index (χ1v) is 37.6. The van der Waals surface area contributed by atoms with Gasteiger partial charge in [-0.2, -0.15) is 0 Å². The lowest BCUT2D eigenvalue weighted by Crippen LogP contribution is -2.61. The van der Waals surface area contributed by atoms with Crippen molar-refractivity contribution in [3.63, 3.8) is 0 Å². The Morgan fingerprint density at radius 3 is 1.45 bits per heavy atom. The molecule has 2 heterocycles. The lowest BCUT2D eigenvalue weighted by Gasteiger charge is -2.27. The smallest absolute Gasteiger partial charge is 0.322 e. The van der Waals surface area contributed by atoms with Crippen molar-refractivity contribution in [2.45, 2.75) is 158 Å². The molecule has 0 fully saturated rings. The number of amides is 15. The number of phenolic OH excluding ortho intramolecular Hbond substituents is 1. The summed E-state index contributed by atoms with van der Waals surface area (Å²) in [6.45, 7) is -1.84. The molecule has 4 aromatic rings. The first kappa shape index (κ1) is 97.9. The van der Waals surface area contributed by atoms with Gasteiger partial charge in [0.2, 0.25) is 88.6 Å². The molecule has 2 aromatic carbocycles. The zero-order valence-electron chi connectivity index (χ0n) is 65.4. The van der Waals surface area contributed by atoms with Gasteiger partial charge in [0, 0.05) is 49.1 Å². The fraction of sp³-hybridized carbons (Fsp3) is 0.528. The Morgan fingerprint density at radius 2 is 0.915 bits per heavy atom. The molecule has 0 radical (unpaired) electrons. The summed E-state index contributed by atoms with van der Waals surface area (Å²) in [5, 5.41) is 116. The molecule has 0 aliphatic rings. The van der Waals surface area contributed by atoms with Gasteiger partial charge in [0.15, 0.2) is 5.96 Å². The molecule has 2 aromatic heterocycles. The van der Waals surface area contributed by atoms with E-state index in [2.05, 4.69) is 100 Å². The van der Waals surface area contributed by atoms with Crippen LogP contribution in [0.3, 0.4) is 0 Å². The Kier molecular flexibility index (Phi) is 42.1. The summed E-state index contributed by atoms with van der Waals surface area (Å²) in [5.74, 6) is -18.7. The van der Waals surface area contributed by atoms with Gasteiger partial charge in [-0.05, 0) is 79.8 Å². The number of aliphatic hydroxyl groups excluding tert-OH is 5. The Balaban J connectivity index is 1.50. The minimum atomic E-state index is -1.93. The zero-order valence-corrected chi connectivity index (χ0v) is 65.4. The maximum atomic E-state index is 14.8. The lowest BCUT2D eigenvalue weighted by molar-refractivity contribution is -0.139. The lowest BCUT2D eigenvalue weighted by atomic mass is 9.97. The standard InChI is InChI=1S/C72H109N23O23/c1-5-37(4)59(95-60(107)43(74)30-96)71(118)93-53(34-100)67(114)87-46(14-10-20-78-72(75)76)61(108)81-26-54(102)80-27-55(103)85-47(21-38-15-17-41(101)18-16-38)64(111)92-52(33-99)68(115)89-48(22-39-24-79-44-12-7-6-11-42(39)44)65(112)90-49(23-40-25-77-35-84-40)66(113)91-50(31-97)63(110)82-28-56(104)86-51(32-98)69(116)94-58(36(2)3)70(117)88-45(13-8-9-19-73)62(109)83-29-57(105)106/h6-7,11-12,15-18,24-25,35-37,43,45-53,58-59,79,96-101H,5,8-10,13-14,19-23,26-34,73-74H2,1-4H3,(H,77,84)(H,80,102)(H,81,108)(H,82,110)(H,83,109)(H,85,103)(H,86,104)(H,87,114)(H,88,117)(H,89,115)(H,90,112)(H,91,113)(H,92,111)(H,93,118)(H,94,116)(H,95,107)(H,105,106)(H4,75,76,78)/t37-,43-,45-,46-,47-,48-,49-,50-,51-,52-,53-,58-,59-/m0/s1. The van der Waals surface area contributed by atoms with Crippen LogP contribution >= 0.6 is 0 Å². The normalized spacial score (nSPS) is 14.4. The maximum absolute atomic E-state index is 14.8. The van der Waals surface area contributed by atoms with Crippen molar-refractivity contribution in [2.24, 2.45) is 29.0 Å². The van der Waals surface area contributed by atoms with Gasteiger partial charge in [-0.3, -0.25) is 82.1 Å². The van der Waals surface area contributed by atoms with E-state index in [0.29, 0.717) is 41.3 Å². The number of nitrogens with one attached hydrogen (secondary N) is 19. The van der Waals surface area contributed by atoms with E-state index in [1.165, 1.54) is 56.8 Å². The van der Waals surface area contributed by atoms with Gasteiger partial charge in [-0.15, -0.1) is 0 Å². The number of rotatable bonds is 53. The number of benzene rings is 2. The van der Waals surface area contributed by atoms with Crippen LogP contribution in [0.2, 0.25) is 0 Å². The highest BCUT2D eigenvalue weighted by molar-refractivity contribution is 6.00. The van der Waals surface area contributed by atoms with E-state index in [1.54, 1.807) is 38.1 Å². The topological polar surface area (TPSA) is 754 Å². The van der Waals surface area contributed by atoms with Crippen molar-refractivity contribution >= 4 is 111 Å². The number of phenols is 1. The third-order valence-electron chi connectivity index (χ3n) is 18.1. The molecule has 0 spiro atoms. The third-order valence-corrected chi connectivity index (χ3v) is 18.1. The monoisotopic (exact) mass is 1660 g/mol. The van der Waals surface area contributed by atoms with Crippen LogP contribution in [0, 0.1) is 17.2 Å². The quantitative estimate of drug-likeness (QED) is 0.0111. The number of guanidine groups is 1. The van der Waals surface area contributed by atoms with E-state index in [1.807, 2.05) is 0 Å². The van der Waals surface area contributed by atoms with Crippen LogP contribution in [-0.4, -0.2) is 296 Å². The highest BCUT2D eigenvalue weighted by Crippen LogP contribution is 2.20. The van der Waals surface area contributed by atoms with Gasteiger partial charge < -0.3 is 148 Å². The molecule has 46 nitrogen and oxygen atoms in total. The summed E-state index contributed by atoms with van der Waals surface area (Å²) < 4.78 is 0. The van der Waals surface area contributed by atoms with Gasteiger partial charge in [-0.25, -0.2) is 4.98 Å². The van der Waals surface area contributed by atoms with Crippen LogP contribution in [0.15, 0.2) is 67.3 Å². The van der Waals surface area contributed by atoms with Crippen LogP contribution in [0.5, 0.6) is 5.75 Å². The van der Waals surface area contributed by atoms with Crippen LogP contribution in [0.4, 0.5) is 0 Å². The molecule has 32 N–H and O–H groups in total. The molecule has 15 amide bonds. The first-order chi connectivity index (χ1) is 56.1. The third kappa shape index (κ3) is 33.4. The number of para-hydroxylation sites is 1. The predicted octanol–water partition coefficient (Wildman–Crippen LogP) is -11.1. The minimum Gasteiger partial charge on any atom is -0.508 e. The van der Waals surface area contributed by atoms with Crippen molar-refractivity contribution in [1.29, 1.82) is 5.41 Å². The Morgan fingerprint density at radius 1 is 0.466 bits per heavy atom.